The molecule has 1 aromatic carbocycles. The van der Waals surface area contributed by atoms with Crippen molar-refractivity contribution in [1.82, 2.24) is 0 Å². The van der Waals surface area contributed by atoms with Crippen LogP contribution in [0.25, 0.3) is 0 Å². The highest BCUT2D eigenvalue weighted by molar-refractivity contribution is 7.45. The van der Waals surface area contributed by atoms with Crippen molar-refractivity contribution in [2.75, 3.05) is 0 Å². The molecule has 0 aliphatic carbocycles. The standard InChI is InChI=1S/C8H6O4.ClH.H3O4P/c9-7(10)5-3-1-2-4-6(5)8(11)12;;1-5(2,3)4/h1-4H,(H,9,10)(H,11,12);1H;(H3,1,2,3,4). The summed E-state index contributed by atoms with van der Waals surface area (Å²) in [6.45, 7) is 0. The van der Waals surface area contributed by atoms with Gasteiger partial charge in [0.15, 0.2) is 0 Å². The Bertz CT molecular complexity index is 427. The normalized spacial score (nSPS) is 9.50. The number of carboxylic acid groups (broad SMARTS) is 2. The summed E-state index contributed by atoms with van der Waals surface area (Å²) in [5.41, 5.74) is -0.380. The SMILES string of the molecule is Cl.O=C(O)c1ccccc1C(=O)O.O=P(O)(O)O. The number of aromatic carboxylic acids is 2. The van der Waals surface area contributed by atoms with Gasteiger partial charge in [0.1, 0.15) is 0 Å². The van der Waals surface area contributed by atoms with Crippen molar-refractivity contribution < 1.29 is 39.0 Å². The number of halogens is 1. The molecule has 5 N–H and O–H groups in total. The number of carbonyl (C=O) groups is 2. The molecule has 0 spiro atoms. The second-order valence-electron chi connectivity index (χ2n) is 2.67. The van der Waals surface area contributed by atoms with Gasteiger partial charge in [0.2, 0.25) is 0 Å². The van der Waals surface area contributed by atoms with E-state index in [1.54, 1.807) is 0 Å². The molecule has 0 atom stereocenters. The fraction of sp³-hybridized carbons (Fsp3) is 0. The highest BCUT2D eigenvalue weighted by atomic mass is 35.5. The van der Waals surface area contributed by atoms with Crippen LogP contribution in [0.15, 0.2) is 24.3 Å². The van der Waals surface area contributed by atoms with Gasteiger partial charge in [-0.1, -0.05) is 12.1 Å². The van der Waals surface area contributed by atoms with Crippen LogP contribution in [0.2, 0.25) is 0 Å². The molecule has 0 unspecified atom stereocenters. The van der Waals surface area contributed by atoms with E-state index in [-0.39, 0.29) is 23.5 Å². The van der Waals surface area contributed by atoms with Gasteiger partial charge in [0.05, 0.1) is 11.1 Å². The Kier molecular flexibility index (Phi) is 8.20. The van der Waals surface area contributed by atoms with Crippen LogP contribution in [0, 0.1) is 0 Å². The van der Waals surface area contributed by atoms with Crippen molar-refractivity contribution in [2.24, 2.45) is 0 Å². The van der Waals surface area contributed by atoms with E-state index < -0.39 is 19.8 Å². The molecule has 0 bridgehead atoms. The molecule has 0 heterocycles. The molecule has 1 aromatic rings. The molecule has 8 nitrogen and oxygen atoms in total. The average molecular weight is 301 g/mol. The first-order chi connectivity index (χ1) is 7.63. The fourth-order valence-corrected chi connectivity index (χ4v) is 0.856. The number of benzene rings is 1. The molecule has 0 aromatic heterocycles. The summed E-state index contributed by atoms with van der Waals surface area (Å²) in [7, 11) is -4.64. The number of rotatable bonds is 2. The molecule has 0 saturated carbocycles. The Labute approximate surface area is 107 Å². The maximum Gasteiger partial charge on any atom is 0.466 e. The van der Waals surface area contributed by atoms with Crippen molar-refractivity contribution in [3.05, 3.63) is 35.4 Å². The van der Waals surface area contributed by atoms with E-state index in [0.29, 0.717) is 0 Å². The van der Waals surface area contributed by atoms with Gasteiger partial charge in [-0.05, 0) is 12.1 Å². The zero-order valence-electron chi connectivity index (χ0n) is 8.63. The highest BCUT2D eigenvalue weighted by Gasteiger charge is 2.13. The lowest BCUT2D eigenvalue weighted by molar-refractivity contribution is 0.0651. The van der Waals surface area contributed by atoms with Gasteiger partial charge >= 0.3 is 19.8 Å². The molecule has 0 fully saturated rings. The molecule has 102 valence electrons. The molecule has 18 heavy (non-hydrogen) atoms. The summed E-state index contributed by atoms with van der Waals surface area (Å²) < 4.78 is 8.88. The molecule has 10 heteroatoms. The molecule has 0 amide bonds. The van der Waals surface area contributed by atoms with Crippen molar-refractivity contribution in [2.45, 2.75) is 0 Å². The Balaban J connectivity index is 0. The second kappa shape index (κ2) is 7.80. The quantitative estimate of drug-likeness (QED) is 0.497. The van der Waals surface area contributed by atoms with E-state index in [0.717, 1.165) is 0 Å². The maximum atomic E-state index is 10.5. The average Bonchev–Trinajstić information content (AvgIpc) is 2.15. The summed E-state index contributed by atoms with van der Waals surface area (Å²) in [5.74, 6) is -2.46. The van der Waals surface area contributed by atoms with Crippen LogP contribution in [0.5, 0.6) is 0 Å². The number of carboxylic acids is 2. The maximum absolute atomic E-state index is 10.5. The van der Waals surface area contributed by atoms with Gasteiger partial charge in [-0.2, -0.15) is 0 Å². The van der Waals surface area contributed by atoms with E-state index in [1.807, 2.05) is 0 Å². The summed E-state index contributed by atoms with van der Waals surface area (Å²) in [5, 5.41) is 17.1. The van der Waals surface area contributed by atoms with Crippen LogP contribution in [0.1, 0.15) is 20.7 Å². The van der Waals surface area contributed by atoms with Gasteiger partial charge in [-0.3, -0.25) is 0 Å². The third kappa shape index (κ3) is 8.68. The van der Waals surface area contributed by atoms with Crippen LogP contribution in [-0.4, -0.2) is 36.8 Å². The van der Waals surface area contributed by atoms with Crippen LogP contribution < -0.4 is 0 Å². The van der Waals surface area contributed by atoms with Crippen LogP contribution in [0.3, 0.4) is 0 Å². The predicted octanol–water partition coefficient (Wildman–Crippen LogP) is 0.576. The molecule has 0 radical (unpaired) electrons. The predicted molar refractivity (Wildman–Crippen MR) is 61.9 cm³/mol. The fourth-order valence-electron chi connectivity index (χ4n) is 0.856. The van der Waals surface area contributed by atoms with Gasteiger partial charge in [0, 0.05) is 0 Å². The number of hydrogen-bond acceptors (Lipinski definition) is 3. The molecular weight excluding hydrogens is 291 g/mol. The molecule has 0 saturated heterocycles. The Morgan fingerprint density at radius 2 is 1.11 bits per heavy atom. The van der Waals surface area contributed by atoms with Crippen molar-refractivity contribution >= 4 is 32.2 Å². The van der Waals surface area contributed by atoms with Crippen molar-refractivity contribution in [3.8, 4) is 0 Å². The topological polar surface area (TPSA) is 152 Å². The zero-order valence-corrected chi connectivity index (χ0v) is 10.3. The van der Waals surface area contributed by atoms with E-state index in [2.05, 4.69) is 0 Å². The second-order valence-corrected chi connectivity index (χ2v) is 3.70. The first kappa shape index (κ1) is 18.9. The first-order valence-corrected chi connectivity index (χ1v) is 5.53. The van der Waals surface area contributed by atoms with Crippen LogP contribution in [-0.2, 0) is 4.57 Å². The monoisotopic (exact) mass is 300 g/mol. The van der Waals surface area contributed by atoms with Gasteiger partial charge in [0.25, 0.3) is 0 Å². The summed E-state index contributed by atoms with van der Waals surface area (Å²) in [6.07, 6.45) is 0. The minimum Gasteiger partial charge on any atom is -0.478 e. The molecule has 1 rings (SSSR count). The largest absolute Gasteiger partial charge is 0.478 e. The third-order valence-corrected chi connectivity index (χ3v) is 1.39. The number of hydrogen-bond donors (Lipinski definition) is 5. The van der Waals surface area contributed by atoms with Gasteiger partial charge < -0.3 is 24.9 Å². The molecule has 0 aliphatic heterocycles. The van der Waals surface area contributed by atoms with E-state index >= 15 is 0 Å². The summed E-state index contributed by atoms with van der Waals surface area (Å²) >= 11 is 0. The van der Waals surface area contributed by atoms with Gasteiger partial charge in [-0.25, -0.2) is 14.2 Å². The molecular formula is C8H10ClO8P. The minimum absolute atomic E-state index is 0. The van der Waals surface area contributed by atoms with Crippen LogP contribution >= 0.6 is 20.2 Å². The summed E-state index contributed by atoms with van der Waals surface area (Å²) in [6, 6.07) is 5.48. The Morgan fingerprint density at radius 3 is 1.28 bits per heavy atom. The smallest absolute Gasteiger partial charge is 0.466 e. The van der Waals surface area contributed by atoms with Crippen LogP contribution in [0.4, 0.5) is 0 Å². The van der Waals surface area contributed by atoms with E-state index in [9.17, 15) is 9.59 Å². The van der Waals surface area contributed by atoms with E-state index in [4.69, 9.17) is 29.5 Å². The lowest BCUT2D eigenvalue weighted by Crippen LogP contribution is -2.06. The first-order valence-electron chi connectivity index (χ1n) is 3.97. The Morgan fingerprint density at radius 1 is 0.889 bits per heavy atom. The lowest BCUT2D eigenvalue weighted by Gasteiger charge is -1.98. The van der Waals surface area contributed by atoms with Crippen molar-refractivity contribution in [3.63, 3.8) is 0 Å². The zero-order chi connectivity index (χ0) is 13.6. The lowest BCUT2D eigenvalue weighted by atomic mass is 10.1. The van der Waals surface area contributed by atoms with Crippen molar-refractivity contribution in [1.29, 1.82) is 0 Å². The Hall–Kier alpha value is -1.44. The van der Waals surface area contributed by atoms with Gasteiger partial charge in [-0.15, -0.1) is 12.4 Å². The molecule has 0 aliphatic rings. The van der Waals surface area contributed by atoms with E-state index in [1.165, 1.54) is 24.3 Å². The minimum atomic E-state index is -4.64. The third-order valence-electron chi connectivity index (χ3n) is 1.39. The number of phosphoric acid groups is 1. The summed E-state index contributed by atoms with van der Waals surface area (Å²) in [4.78, 5) is 42.5. The highest BCUT2D eigenvalue weighted by Crippen LogP contribution is 2.25.